The van der Waals surface area contributed by atoms with E-state index in [1.807, 2.05) is 0 Å². The van der Waals surface area contributed by atoms with Crippen molar-refractivity contribution in [2.45, 2.75) is 12.5 Å². The van der Waals surface area contributed by atoms with Gasteiger partial charge in [0.05, 0.1) is 12.3 Å². The van der Waals surface area contributed by atoms with Crippen molar-refractivity contribution in [3.63, 3.8) is 0 Å². The van der Waals surface area contributed by atoms with Crippen molar-refractivity contribution >= 4 is 21.8 Å². The monoisotopic (exact) mass is 232 g/mol. The van der Waals surface area contributed by atoms with Crippen molar-refractivity contribution in [3.8, 4) is 0 Å². The van der Waals surface area contributed by atoms with Crippen LogP contribution in [0.2, 0.25) is 0 Å². The van der Waals surface area contributed by atoms with Crippen molar-refractivity contribution in [2.75, 3.05) is 0 Å². The molecule has 66 valence electrons. The molecule has 0 spiro atoms. The van der Waals surface area contributed by atoms with Gasteiger partial charge in [0.1, 0.15) is 0 Å². The highest BCUT2D eigenvalue weighted by Crippen LogP contribution is 2.14. The second-order valence-electron chi connectivity index (χ2n) is 2.47. The van der Waals surface area contributed by atoms with Gasteiger partial charge < -0.3 is 15.9 Å². The molecule has 1 rings (SSSR count). The van der Waals surface area contributed by atoms with Crippen LogP contribution in [0, 0.1) is 0 Å². The molecule has 1 amide bonds. The average molecular weight is 233 g/mol. The fraction of sp³-hybridized carbons (Fsp3) is 0.286. The Kier molecular flexibility index (Phi) is 2.88. The first-order valence-corrected chi connectivity index (χ1v) is 4.16. The van der Waals surface area contributed by atoms with E-state index in [-0.39, 0.29) is 0 Å². The summed E-state index contributed by atoms with van der Waals surface area (Å²) >= 11 is 3.14. The molecule has 0 radical (unpaired) electrons. The fourth-order valence-electron chi connectivity index (χ4n) is 0.807. The summed E-state index contributed by atoms with van der Waals surface area (Å²) in [5, 5.41) is 0. The number of rotatable bonds is 3. The van der Waals surface area contributed by atoms with E-state index in [1.165, 1.54) is 6.26 Å². The number of hydrogen-bond acceptors (Lipinski definition) is 3. The predicted molar refractivity (Wildman–Crippen MR) is 47.3 cm³/mol. The van der Waals surface area contributed by atoms with Crippen molar-refractivity contribution in [1.82, 2.24) is 0 Å². The third kappa shape index (κ3) is 2.35. The maximum atomic E-state index is 10.6. The molecule has 1 heterocycles. The summed E-state index contributed by atoms with van der Waals surface area (Å²) in [6, 6.07) is 1.11. The molecule has 1 atom stereocenters. The second kappa shape index (κ2) is 3.73. The topological polar surface area (TPSA) is 82.2 Å². The molecule has 12 heavy (non-hydrogen) atoms. The lowest BCUT2D eigenvalue weighted by molar-refractivity contribution is -0.119. The highest BCUT2D eigenvalue weighted by Gasteiger charge is 2.11. The van der Waals surface area contributed by atoms with E-state index >= 15 is 0 Å². The minimum Gasteiger partial charge on any atom is -0.457 e. The second-order valence-corrected chi connectivity index (χ2v) is 3.25. The van der Waals surface area contributed by atoms with Crippen molar-refractivity contribution in [2.24, 2.45) is 11.5 Å². The van der Waals surface area contributed by atoms with Gasteiger partial charge in [0.2, 0.25) is 5.91 Å². The Hall–Kier alpha value is -0.810. The summed E-state index contributed by atoms with van der Waals surface area (Å²) < 4.78 is 5.57. The molecular formula is C7H9BrN2O2. The van der Waals surface area contributed by atoms with E-state index in [9.17, 15) is 4.79 Å². The minimum absolute atomic E-state index is 0.407. The molecule has 1 aromatic heterocycles. The maximum absolute atomic E-state index is 10.6. The largest absolute Gasteiger partial charge is 0.457 e. The molecule has 0 bridgehead atoms. The van der Waals surface area contributed by atoms with Crippen LogP contribution in [0.4, 0.5) is 0 Å². The van der Waals surface area contributed by atoms with Gasteiger partial charge >= 0.3 is 0 Å². The Balaban J connectivity index is 2.58. The van der Waals surface area contributed by atoms with Crippen molar-refractivity contribution in [1.29, 1.82) is 0 Å². The first kappa shape index (κ1) is 9.28. The Morgan fingerprint density at radius 1 is 1.75 bits per heavy atom. The lowest BCUT2D eigenvalue weighted by Gasteiger charge is -2.03. The van der Waals surface area contributed by atoms with Crippen LogP contribution in [0.3, 0.4) is 0 Å². The third-order valence-corrected chi connectivity index (χ3v) is 1.86. The van der Waals surface area contributed by atoms with Gasteiger partial charge in [-0.05, 0) is 34.0 Å². The van der Waals surface area contributed by atoms with Gasteiger partial charge in [0.25, 0.3) is 0 Å². The van der Waals surface area contributed by atoms with Crippen LogP contribution in [-0.4, -0.2) is 11.9 Å². The van der Waals surface area contributed by atoms with E-state index in [1.54, 1.807) is 6.07 Å². The van der Waals surface area contributed by atoms with Crippen molar-refractivity contribution < 1.29 is 9.21 Å². The zero-order valence-corrected chi connectivity index (χ0v) is 7.87. The van der Waals surface area contributed by atoms with Gasteiger partial charge in [-0.3, -0.25) is 4.79 Å². The standard InChI is InChI=1S/C7H9BrN2O2/c8-6-2-4(3-12-6)1-5(9)7(10)11/h2-3,5H,1,9H2,(H2,10,11). The number of primary amides is 1. The lowest BCUT2D eigenvalue weighted by atomic mass is 10.1. The van der Waals surface area contributed by atoms with Crippen LogP contribution in [0.5, 0.6) is 0 Å². The number of hydrogen-bond donors (Lipinski definition) is 2. The molecule has 1 unspecified atom stereocenters. The zero-order valence-electron chi connectivity index (χ0n) is 6.29. The van der Waals surface area contributed by atoms with Gasteiger partial charge in [-0.25, -0.2) is 0 Å². The molecule has 0 fully saturated rings. The maximum Gasteiger partial charge on any atom is 0.234 e. The molecule has 0 saturated heterocycles. The van der Waals surface area contributed by atoms with Crippen LogP contribution in [0.1, 0.15) is 5.56 Å². The van der Waals surface area contributed by atoms with E-state index in [2.05, 4.69) is 15.9 Å². The van der Waals surface area contributed by atoms with Crippen molar-refractivity contribution in [3.05, 3.63) is 22.6 Å². The van der Waals surface area contributed by atoms with E-state index in [4.69, 9.17) is 15.9 Å². The Bertz CT molecular complexity index is 285. The first-order chi connectivity index (χ1) is 5.59. The SMILES string of the molecule is NC(=O)C(N)Cc1coc(Br)c1. The van der Waals surface area contributed by atoms with Gasteiger partial charge in [0, 0.05) is 0 Å². The quantitative estimate of drug-likeness (QED) is 0.792. The summed E-state index contributed by atoms with van der Waals surface area (Å²) in [6.45, 7) is 0. The highest BCUT2D eigenvalue weighted by molar-refractivity contribution is 9.10. The third-order valence-electron chi connectivity index (χ3n) is 1.44. The summed E-state index contributed by atoms with van der Waals surface area (Å²) in [7, 11) is 0. The number of carbonyl (C=O) groups excluding carboxylic acids is 1. The molecule has 1 aromatic rings. The number of amides is 1. The molecule has 0 aliphatic heterocycles. The lowest BCUT2D eigenvalue weighted by Crippen LogP contribution is -2.37. The molecule has 0 saturated carbocycles. The summed E-state index contributed by atoms with van der Waals surface area (Å²) in [5.41, 5.74) is 11.3. The molecule has 4 nitrogen and oxygen atoms in total. The van der Waals surface area contributed by atoms with Gasteiger partial charge in [-0.2, -0.15) is 0 Å². The van der Waals surface area contributed by atoms with Crippen LogP contribution in [-0.2, 0) is 11.2 Å². The predicted octanol–water partition coefficient (Wildman–Crippen LogP) is 0.397. The van der Waals surface area contributed by atoms with E-state index in [0.717, 1.165) is 5.56 Å². The highest BCUT2D eigenvalue weighted by atomic mass is 79.9. The first-order valence-electron chi connectivity index (χ1n) is 3.37. The van der Waals surface area contributed by atoms with Crippen LogP contribution in [0.15, 0.2) is 21.4 Å². The normalized spacial score (nSPS) is 12.8. The molecule has 0 aliphatic carbocycles. The fourth-order valence-corrected chi connectivity index (χ4v) is 1.19. The van der Waals surface area contributed by atoms with Crippen LogP contribution < -0.4 is 11.5 Å². The Labute approximate surface area is 78.0 Å². The van der Waals surface area contributed by atoms with Crippen LogP contribution in [0.25, 0.3) is 0 Å². The van der Waals surface area contributed by atoms with Crippen LogP contribution >= 0.6 is 15.9 Å². The smallest absolute Gasteiger partial charge is 0.234 e. The molecule has 5 heteroatoms. The van der Waals surface area contributed by atoms with Gasteiger partial charge in [-0.15, -0.1) is 0 Å². The molecule has 0 aliphatic rings. The number of halogens is 1. The van der Waals surface area contributed by atoms with Gasteiger partial charge in [-0.1, -0.05) is 0 Å². The van der Waals surface area contributed by atoms with E-state index < -0.39 is 11.9 Å². The summed E-state index contributed by atoms with van der Waals surface area (Å²) in [6.07, 6.45) is 1.94. The number of carbonyl (C=O) groups is 1. The minimum atomic E-state index is -0.644. The summed E-state index contributed by atoms with van der Waals surface area (Å²) in [4.78, 5) is 10.6. The Morgan fingerprint density at radius 2 is 2.42 bits per heavy atom. The van der Waals surface area contributed by atoms with E-state index in [0.29, 0.717) is 11.1 Å². The van der Waals surface area contributed by atoms with Gasteiger partial charge in [0.15, 0.2) is 4.67 Å². The molecular weight excluding hydrogens is 224 g/mol. The molecule has 0 aromatic carbocycles. The number of furan rings is 1. The zero-order chi connectivity index (χ0) is 9.14. The average Bonchev–Trinajstić information content (AvgIpc) is 2.35. The molecule has 4 N–H and O–H groups in total. The number of nitrogens with two attached hydrogens (primary N) is 2. The summed E-state index contributed by atoms with van der Waals surface area (Å²) in [5.74, 6) is -0.507. The Morgan fingerprint density at radius 3 is 2.83 bits per heavy atom.